The maximum atomic E-state index is 8.60. The highest BCUT2D eigenvalue weighted by Crippen LogP contribution is 1.87. The highest BCUT2D eigenvalue weighted by molar-refractivity contribution is 4.49. The number of aliphatic hydroxyl groups excluding tert-OH is 2. The van der Waals surface area contributed by atoms with Gasteiger partial charge >= 0.3 is 0 Å². The van der Waals surface area contributed by atoms with E-state index in [2.05, 4.69) is 10.7 Å². The van der Waals surface area contributed by atoms with Crippen LogP contribution < -0.4 is 5.90 Å². The monoisotopic (exact) mass is 121 g/mol. The highest BCUT2D eigenvalue weighted by Gasteiger charge is 1.98. The maximum absolute atomic E-state index is 8.60. The van der Waals surface area contributed by atoms with Gasteiger partial charge in [-0.2, -0.15) is 0 Å². The van der Waals surface area contributed by atoms with Gasteiger partial charge < -0.3 is 15.1 Å². The van der Waals surface area contributed by atoms with E-state index in [0.29, 0.717) is 6.42 Å². The predicted molar refractivity (Wildman–Crippen MR) is 27.8 cm³/mol. The first-order valence-corrected chi connectivity index (χ1v) is 2.42. The number of hydrogen-bond donors (Lipinski definition) is 3. The van der Waals surface area contributed by atoms with Gasteiger partial charge in [-0.05, 0) is 0 Å². The number of nitrogens with two attached hydrogens (primary N) is 1. The zero-order chi connectivity index (χ0) is 6.41. The van der Waals surface area contributed by atoms with Crippen molar-refractivity contribution < 1.29 is 15.1 Å². The van der Waals surface area contributed by atoms with Crippen molar-refractivity contribution in [1.29, 1.82) is 0 Å². The van der Waals surface area contributed by atoms with Gasteiger partial charge in [-0.1, -0.05) is 0 Å². The molecule has 1 atom stereocenters. The number of rotatable bonds is 4. The van der Waals surface area contributed by atoms with Gasteiger partial charge in [0.1, 0.15) is 0 Å². The third-order valence-corrected chi connectivity index (χ3v) is 0.780. The Kier molecular flexibility index (Phi) is 4.89. The van der Waals surface area contributed by atoms with E-state index in [-0.39, 0.29) is 13.2 Å². The minimum absolute atomic E-state index is 0.233. The van der Waals surface area contributed by atoms with Gasteiger partial charge in [0.2, 0.25) is 0 Å². The summed E-state index contributed by atoms with van der Waals surface area (Å²) in [6.45, 7) is 0.0467. The predicted octanol–water partition coefficient (Wildman–Crippen LogP) is -1.38. The first-order valence-electron chi connectivity index (χ1n) is 2.42. The molecule has 4 N–H and O–H groups in total. The molecular weight excluding hydrogens is 110 g/mol. The largest absolute Gasteiger partial charge is 0.394 e. The molecule has 0 unspecified atom stereocenters. The fraction of sp³-hybridized carbons (Fsp3) is 1.00. The Morgan fingerprint density at radius 2 is 2.25 bits per heavy atom. The van der Waals surface area contributed by atoms with Gasteiger partial charge in [-0.25, -0.2) is 5.90 Å². The van der Waals surface area contributed by atoms with E-state index in [9.17, 15) is 0 Å². The molecule has 0 saturated heterocycles. The van der Waals surface area contributed by atoms with Crippen molar-refractivity contribution in [3.8, 4) is 0 Å². The maximum Gasteiger partial charge on any atom is 0.0793 e. The van der Waals surface area contributed by atoms with Crippen LogP contribution in [0.15, 0.2) is 0 Å². The molecule has 0 aliphatic rings. The second-order valence-electron chi connectivity index (χ2n) is 1.50. The van der Waals surface area contributed by atoms with Crippen LogP contribution in [0.4, 0.5) is 0 Å². The zero-order valence-electron chi connectivity index (χ0n) is 4.58. The molecule has 0 aromatic carbocycles. The summed E-state index contributed by atoms with van der Waals surface area (Å²) in [5.41, 5.74) is 0. The average Bonchev–Trinajstić information content (AvgIpc) is 1.83. The molecule has 0 aromatic rings. The quantitative estimate of drug-likeness (QED) is 0.401. The van der Waals surface area contributed by atoms with Crippen molar-refractivity contribution in [3.05, 3.63) is 0 Å². The van der Waals surface area contributed by atoms with Crippen LogP contribution in [0.1, 0.15) is 6.42 Å². The molecule has 0 aliphatic carbocycles. The van der Waals surface area contributed by atoms with Crippen LogP contribution in [0.25, 0.3) is 0 Å². The van der Waals surface area contributed by atoms with E-state index in [1.165, 1.54) is 0 Å². The third-order valence-electron chi connectivity index (χ3n) is 0.780. The van der Waals surface area contributed by atoms with Crippen molar-refractivity contribution in [2.75, 3.05) is 13.2 Å². The van der Waals surface area contributed by atoms with Crippen LogP contribution in [-0.2, 0) is 4.84 Å². The Balaban J connectivity index is 2.86. The van der Waals surface area contributed by atoms with E-state index >= 15 is 0 Å². The lowest BCUT2D eigenvalue weighted by molar-refractivity contribution is 0.0485. The summed E-state index contributed by atoms with van der Waals surface area (Å²) in [7, 11) is 0. The van der Waals surface area contributed by atoms with E-state index in [4.69, 9.17) is 10.2 Å². The number of hydrogen-bond acceptors (Lipinski definition) is 4. The summed E-state index contributed by atoms with van der Waals surface area (Å²) in [5.74, 6) is 4.64. The molecule has 0 aliphatic heterocycles. The first kappa shape index (κ1) is 7.84. The molecule has 0 saturated carbocycles. The summed E-state index contributed by atoms with van der Waals surface area (Å²) in [4.78, 5) is 4.14. The van der Waals surface area contributed by atoms with E-state index < -0.39 is 6.10 Å². The summed E-state index contributed by atoms with van der Waals surface area (Å²) in [5, 5.41) is 16.8. The van der Waals surface area contributed by atoms with Crippen LogP contribution in [0, 0.1) is 0 Å². The molecular formula is C4H11NO3. The van der Waals surface area contributed by atoms with Gasteiger partial charge in [0.25, 0.3) is 0 Å². The van der Waals surface area contributed by atoms with Crippen LogP contribution >= 0.6 is 0 Å². The zero-order valence-corrected chi connectivity index (χ0v) is 4.58. The van der Waals surface area contributed by atoms with Crippen LogP contribution in [0.3, 0.4) is 0 Å². The lowest BCUT2D eigenvalue weighted by atomic mass is 10.3. The van der Waals surface area contributed by atoms with Gasteiger partial charge in [-0.15, -0.1) is 0 Å². The third kappa shape index (κ3) is 4.01. The molecule has 0 fully saturated rings. The molecule has 0 amide bonds. The van der Waals surface area contributed by atoms with Gasteiger partial charge in [0.15, 0.2) is 0 Å². The molecule has 8 heavy (non-hydrogen) atoms. The van der Waals surface area contributed by atoms with E-state index in [1.54, 1.807) is 0 Å². The summed E-state index contributed by atoms with van der Waals surface area (Å²) in [6.07, 6.45) is -0.314. The second kappa shape index (κ2) is 4.99. The minimum atomic E-state index is -0.696. The van der Waals surface area contributed by atoms with Crippen molar-refractivity contribution in [1.82, 2.24) is 0 Å². The SMILES string of the molecule is NOCC[C@@H](O)CO. The summed E-state index contributed by atoms with van der Waals surface area (Å²) < 4.78 is 0. The second-order valence-corrected chi connectivity index (χ2v) is 1.50. The molecule has 50 valence electrons. The number of aliphatic hydroxyl groups is 2. The average molecular weight is 121 g/mol. The van der Waals surface area contributed by atoms with Crippen LogP contribution in [-0.4, -0.2) is 29.5 Å². The van der Waals surface area contributed by atoms with Crippen LogP contribution in [0.2, 0.25) is 0 Å². The Bertz CT molecular complexity index is 50.5. The fourth-order valence-electron chi connectivity index (χ4n) is 0.295. The standard InChI is InChI=1S/C4H11NO3/c5-8-2-1-4(7)3-6/h4,6-7H,1-3,5H2/t4-/m1/s1. The Labute approximate surface area is 47.8 Å². The lowest BCUT2D eigenvalue weighted by Gasteiger charge is -2.02. The Morgan fingerprint density at radius 3 is 2.62 bits per heavy atom. The van der Waals surface area contributed by atoms with E-state index in [1.807, 2.05) is 0 Å². The lowest BCUT2D eigenvalue weighted by Crippen LogP contribution is -2.15. The summed E-state index contributed by atoms with van der Waals surface area (Å²) >= 11 is 0. The topological polar surface area (TPSA) is 75.7 Å². The Hall–Kier alpha value is -0.160. The molecule has 0 bridgehead atoms. The molecule has 4 heteroatoms. The van der Waals surface area contributed by atoms with Gasteiger partial charge in [-0.3, -0.25) is 0 Å². The highest BCUT2D eigenvalue weighted by atomic mass is 16.6. The van der Waals surface area contributed by atoms with Gasteiger partial charge in [0, 0.05) is 6.42 Å². The van der Waals surface area contributed by atoms with Crippen molar-refractivity contribution in [2.24, 2.45) is 5.90 Å². The van der Waals surface area contributed by atoms with E-state index in [0.717, 1.165) is 0 Å². The van der Waals surface area contributed by atoms with Crippen molar-refractivity contribution in [3.63, 3.8) is 0 Å². The molecule has 0 radical (unpaired) electrons. The van der Waals surface area contributed by atoms with Gasteiger partial charge in [0.05, 0.1) is 19.3 Å². The first-order chi connectivity index (χ1) is 3.81. The molecule has 0 spiro atoms. The molecule has 0 aromatic heterocycles. The minimum Gasteiger partial charge on any atom is -0.394 e. The van der Waals surface area contributed by atoms with Crippen molar-refractivity contribution >= 4 is 0 Å². The van der Waals surface area contributed by atoms with Crippen LogP contribution in [0.5, 0.6) is 0 Å². The Morgan fingerprint density at radius 1 is 1.62 bits per heavy atom. The molecule has 0 heterocycles. The van der Waals surface area contributed by atoms with Crippen molar-refractivity contribution in [2.45, 2.75) is 12.5 Å². The fourth-order valence-corrected chi connectivity index (χ4v) is 0.295. The molecule has 0 rings (SSSR count). The summed E-state index contributed by atoms with van der Waals surface area (Å²) in [6, 6.07) is 0. The smallest absolute Gasteiger partial charge is 0.0793 e. The normalized spacial score (nSPS) is 13.9. The molecule has 4 nitrogen and oxygen atoms in total.